The number of nitrogens with one attached hydrogen (secondary N) is 1. The van der Waals surface area contributed by atoms with Gasteiger partial charge in [0.1, 0.15) is 5.82 Å². The van der Waals surface area contributed by atoms with Gasteiger partial charge in [-0.25, -0.2) is 4.98 Å². The van der Waals surface area contributed by atoms with Crippen LogP contribution in [0.4, 0.5) is 0 Å². The van der Waals surface area contributed by atoms with E-state index in [9.17, 15) is 4.79 Å². The van der Waals surface area contributed by atoms with Crippen molar-refractivity contribution in [2.75, 3.05) is 19.6 Å². The van der Waals surface area contributed by atoms with E-state index < -0.39 is 0 Å². The number of para-hydroxylation sites is 2. The Balaban J connectivity index is 1.42. The zero-order chi connectivity index (χ0) is 16.9. The molecular formula is C19H28N4O. The molecule has 5 nitrogen and oxygen atoms in total. The van der Waals surface area contributed by atoms with Crippen LogP contribution in [-0.2, 0) is 18.3 Å². The van der Waals surface area contributed by atoms with Crippen LogP contribution in [0.25, 0.3) is 11.0 Å². The van der Waals surface area contributed by atoms with Crippen LogP contribution >= 0.6 is 0 Å². The summed E-state index contributed by atoms with van der Waals surface area (Å²) in [5, 5.41) is 3.04. The summed E-state index contributed by atoms with van der Waals surface area (Å²) >= 11 is 0. The Bertz CT molecular complexity index is 688. The zero-order valence-electron chi connectivity index (χ0n) is 14.8. The Kier molecular flexibility index (Phi) is 5.51. The predicted molar refractivity (Wildman–Crippen MR) is 96.9 cm³/mol. The lowest BCUT2D eigenvalue weighted by atomic mass is 10.1. The van der Waals surface area contributed by atoms with E-state index in [0.29, 0.717) is 19.0 Å². The molecule has 0 aliphatic carbocycles. The molecule has 1 saturated heterocycles. The minimum absolute atomic E-state index is 0.153. The second kappa shape index (κ2) is 7.79. The van der Waals surface area contributed by atoms with Gasteiger partial charge < -0.3 is 14.8 Å². The van der Waals surface area contributed by atoms with Crippen molar-refractivity contribution in [3.8, 4) is 0 Å². The van der Waals surface area contributed by atoms with E-state index in [1.165, 1.54) is 25.9 Å². The van der Waals surface area contributed by atoms with E-state index in [1.54, 1.807) is 0 Å². The molecule has 1 aromatic carbocycles. The summed E-state index contributed by atoms with van der Waals surface area (Å²) in [6, 6.07) is 8.64. The van der Waals surface area contributed by atoms with E-state index >= 15 is 0 Å². The van der Waals surface area contributed by atoms with Gasteiger partial charge in [-0.2, -0.15) is 0 Å². The number of rotatable bonds is 7. The molecule has 1 atom stereocenters. The minimum Gasteiger partial charge on any atom is -0.356 e. The highest BCUT2D eigenvalue weighted by Crippen LogP contribution is 2.15. The average molecular weight is 328 g/mol. The summed E-state index contributed by atoms with van der Waals surface area (Å²) in [7, 11) is 2.03. The third kappa shape index (κ3) is 3.96. The standard InChI is InChI=1S/C19H28N4O/c1-15(23-13-5-6-14-23)9-10-19(24)20-12-11-18-21-16-7-3-4-8-17(16)22(18)2/h3-4,7-8,15H,5-6,9-14H2,1-2H3,(H,20,24)/t15-/m0/s1. The Morgan fingerprint density at radius 1 is 1.29 bits per heavy atom. The number of hydrogen-bond acceptors (Lipinski definition) is 3. The molecule has 1 aliphatic rings. The second-order valence-electron chi connectivity index (χ2n) is 6.81. The number of imidazole rings is 1. The van der Waals surface area contributed by atoms with Crippen molar-refractivity contribution in [2.24, 2.45) is 7.05 Å². The fourth-order valence-electron chi connectivity index (χ4n) is 3.53. The van der Waals surface area contributed by atoms with Gasteiger partial charge in [0.15, 0.2) is 0 Å². The quantitative estimate of drug-likeness (QED) is 0.849. The maximum atomic E-state index is 12.1. The van der Waals surface area contributed by atoms with Crippen LogP contribution < -0.4 is 5.32 Å². The zero-order valence-corrected chi connectivity index (χ0v) is 14.8. The summed E-state index contributed by atoms with van der Waals surface area (Å²) in [6.07, 6.45) is 4.92. The minimum atomic E-state index is 0.153. The molecule has 24 heavy (non-hydrogen) atoms. The highest BCUT2D eigenvalue weighted by atomic mass is 16.1. The van der Waals surface area contributed by atoms with Crippen molar-refractivity contribution >= 4 is 16.9 Å². The molecule has 1 aliphatic heterocycles. The van der Waals surface area contributed by atoms with Gasteiger partial charge in [-0.3, -0.25) is 4.79 Å². The summed E-state index contributed by atoms with van der Waals surface area (Å²) in [5.74, 6) is 1.17. The lowest BCUT2D eigenvalue weighted by Crippen LogP contribution is -2.32. The lowest BCUT2D eigenvalue weighted by Gasteiger charge is -2.23. The van der Waals surface area contributed by atoms with Crippen LogP contribution in [0.1, 0.15) is 38.4 Å². The number of aromatic nitrogens is 2. The van der Waals surface area contributed by atoms with Crippen LogP contribution in [0.5, 0.6) is 0 Å². The van der Waals surface area contributed by atoms with E-state index in [4.69, 9.17) is 0 Å². The number of aryl methyl sites for hydroxylation is 1. The van der Waals surface area contributed by atoms with Crippen LogP contribution in [0.15, 0.2) is 24.3 Å². The Labute approximate surface area is 144 Å². The van der Waals surface area contributed by atoms with E-state index in [1.807, 2.05) is 25.2 Å². The molecule has 2 heterocycles. The number of carbonyl (C=O) groups excluding carboxylic acids is 1. The fraction of sp³-hybridized carbons (Fsp3) is 0.579. The first-order valence-electron chi connectivity index (χ1n) is 9.06. The smallest absolute Gasteiger partial charge is 0.220 e. The van der Waals surface area contributed by atoms with Gasteiger partial charge in [-0.1, -0.05) is 12.1 Å². The van der Waals surface area contributed by atoms with Crippen LogP contribution in [0.3, 0.4) is 0 Å². The summed E-state index contributed by atoms with van der Waals surface area (Å²) in [4.78, 5) is 19.2. The van der Waals surface area contributed by atoms with Gasteiger partial charge >= 0.3 is 0 Å². The fourth-order valence-corrected chi connectivity index (χ4v) is 3.53. The monoisotopic (exact) mass is 328 g/mol. The van der Waals surface area contributed by atoms with Gasteiger partial charge in [0.05, 0.1) is 11.0 Å². The van der Waals surface area contributed by atoms with Crippen molar-refractivity contribution in [1.29, 1.82) is 0 Å². The number of likely N-dealkylation sites (tertiary alicyclic amines) is 1. The highest BCUT2D eigenvalue weighted by molar-refractivity contribution is 5.76. The topological polar surface area (TPSA) is 50.2 Å². The molecule has 1 amide bonds. The van der Waals surface area contributed by atoms with Crippen molar-refractivity contribution in [2.45, 2.75) is 45.1 Å². The molecule has 0 spiro atoms. The molecule has 1 N–H and O–H groups in total. The van der Waals surface area contributed by atoms with Gasteiger partial charge in [-0.05, 0) is 51.4 Å². The first-order valence-corrected chi connectivity index (χ1v) is 9.06. The van der Waals surface area contributed by atoms with E-state index in [2.05, 4.69) is 32.8 Å². The number of benzene rings is 1. The van der Waals surface area contributed by atoms with Gasteiger partial charge in [0.25, 0.3) is 0 Å². The van der Waals surface area contributed by atoms with Crippen molar-refractivity contribution < 1.29 is 4.79 Å². The largest absolute Gasteiger partial charge is 0.356 e. The molecule has 0 saturated carbocycles. The highest BCUT2D eigenvalue weighted by Gasteiger charge is 2.18. The molecule has 0 bridgehead atoms. The van der Waals surface area contributed by atoms with Crippen molar-refractivity contribution in [1.82, 2.24) is 19.8 Å². The third-order valence-electron chi connectivity index (χ3n) is 5.10. The molecule has 0 unspecified atom stereocenters. The van der Waals surface area contributed by atoms with Crippen LogP contribution in [-0.4, -0.2) is 46.0 Å². The summed E-state index contributed by atoms with van der Waals surface area (Å²) < 4.78 is 2.11. The van der Waals surface area contributed by atoms with Crippen molar-refractivity contribution in [3.63, 3.8) is 0 Å². The van der Waals surface area contributed by atoms with Gasteiger partial charge in [0, 0.05) is 32.5 Å². The molecule has 1 fully saturated rings. The van der Waals surface area contributed by atoms with Gasteiger partial charge in [0.2, 0.25) is 5.91 Å². The molecule has 3 rings (SSSR count). The van der Waals surface area contributed by atoms with Crippen LogP contribution in [0.2, 0.25) is 0 Å². The SMILES string of the molecule is C[C@@H](CCC(=O)NCCc1nc2ccccc2n1C)N1CCCC1. The maximum Gasteiger partial charge on any atom is 0.220 e. The maximum absolute atomic E-state index is 12.1. The summed E-state index contributed by atoms with van der Waals surface area (Å²) in [6.45, 7) is 5.26. The Morgan fingerprint density at radius 3 is 2.79 bits per heavy atom. The molecular weight excluding hydrogens is 300 g/mol. The first kappa shape index (κ1) is 17.0. The molecule has 130 valence electrons. The molecule has 2 aromatic rings. The summed E-state index contributed by atoms with van der Waals surface area (Å²) in [5.41, 5.74) is 2.15. The van der Waals surface area contributed by atoms with E-state index in [-0.39, 0.29) is 5.91 Å². The average Bonchev–Trinajstić information content (AvgIpc) is 3.22. The number of fused-ring (bicyclic) bond motifs is 1. The van der Waals surface area contributed by atoms with Crippen molar-refractivity contribution in [3.05, 3.63) is 30.1 Å². The number of hydrogen-bond donors (Lipinski definition) is 1. The predicted octanol–water partition coefficient (Wildman–Crippen LogP) is 2.50. The lowest BCUT2D eigenvalue weighted by molar-refractivity contribution is -0.121. The third-order valence-corrected chi connectivity index (χ3v) is 5.10. The number of carbonyl (C=O) groups is 1. The Morgan fingerprint density at radius 2 is 2.04 bits per heavy atom. The van der Waals surface area contributed by atoms with Gasteiger partial charge in [-0.15, -0.1) is 0 Å². The normalized spacial score (nSPS) is 16.6. The number of nitrogens with zero attached hydrogens (tertiary/aromatic N) is 3. The molecule has 1 aromatic heterocycles. The van der Waals surface area contributed by atoms with E-state index in [0.717, 1.165) is 29.7 Å². The Hall–Kier alpha value is -1.88. The number of amides is 1. The molecule has 0 radical (unpaired) electrons. The molecule has 5 heteroatoms. The second-order valence-corrected chi connectivity index (χ2v) is 6.81. The first-order chi connectivity index (χ1) is 11.6. The van der Waals surface area contributed by atoms with Crippen LogP contribution in [0, 0.1) is 0 Å².